The van der Waals surface area contributed by atoms with Crippen LogP contribution in [0, 0.1) is 3.57 Å². The van der Waals surface area contributed by atoms with Gasteiger partial charge in [-0.2, -0.15) is 0 Å². The largest absolute Gasteiger partial charge is 0.456 e. The van der Waals surface area contributed by atoms with Crippen LogP contribution in [0.3, 0.4) is 0 Å². The van der Waals surface area contributed by atoms with Crippen LogP contribution in [0.5, 0.6) is 11.5 Å². The standard InChI is InChI=1S/C16H17BrINO2/c1-20-9-8-19-11-12-10-13(17)6-7-15(12)21-16-5-3-2-4-14(16)18/h2-7,10,19H,8-9,11H2,1H3. The van der Waals surface area contributed by atoms with Crippen LogP contribution in [0.2, 0.25) is 0 Å². The molecule has 0 amide bonds. The van der Waals surface area contributed by atoms with Crippen molar-refractivity contribution in [2.75, 3.05) is 20.3 Å². The molecule has 0 unspecified atom stereocenters. The summed E-state index contributed by atoms with van der Waals surface area (Å²) >= 11 is 5.79. The van der Waals surface area contributed by atoms with Crippen molar-refractivity contribution in [2.45, 2.75) is 6.54 Å². The van der Waals surface area contributed by atoms with Gasteiger partial charge in [0.2, 0.25) is 0 Å². The first kappa shape index (κ1) is 16.7. The molecule has 0 aromatic heterocycles. The second-order valence-corrected chi connectivity index (χ2v) is 6.53. The Balaban J connectivity index is 2.13. The lowest BCUT2D eigenvalue weighted by Crippen LogP contribution is -2.18. The van der Waals surface area contributed by atoms with E-state index < -0.39 is 0 Å². The molecule has 2 rings (SSSR count). The summed E-state index contributed by atoms with van der Waals surface area (Å²) in [5.74, 6) is 1.74. The van der Waals surface area contributed by atoms with E-state index >= 15 is 0 Å². The van der Waals surface area contributed by atoms with Crippen molar-refractivity contribution in [3.8, 4) is 11.5 Å². The smallest absolute Gasteiger partial charge is 0.140 e. The van der Waals surface area contributed by atoms with Gasteiger partial charge < -0.3 is 14.8 Å². The van der Waals surface area contributed by atoms with Crippen molar-refractivity contribution in [1.29, 1.82) is 0 Å². The van der Waals surface area contributed by atoms with Crippen molar-refractivity contribution < 1.29 is 9.47 Å². The maximum atomic E-state index is 6.05. The van der Waals surface area contributed by atoms with Gasteiger partial charge in [0, 0.05) is 30.2 Å². The van der Waals surface area contributed by atoms with E-state index in [1.54, 1.807) is 7.11 Å². The molecule has 0 aliphatic carbocycles. The van der Waals surface area contributed by atoms with Gasteiger partial charge in [-0.15, -0.1) is 0 Å². The number of para-hydroxylation sites is 1. The lowest BCUT2D eigenvalue weighted by atomic mass is 10.2. The highest BCUT2D eigenvalue weighted by atomic mass is 127. The number of nitrogens with one attached hydrogen (secondary N) is 1. The maximum absolute atomic E-state index is 6.05. The summed E-state index contributed by atoms with van der Waals surface area (Å²) in [6, 6.07) is 14.0. The molecular formula is C16H17BrINO2. The molecule has 0 heterocycles. The van der Waals surface area contributed by atoms with Crippen molar-refractivity contribution in [1.82, 2.24) is 5.32 Å². The van der Waals surface area contributed by atoms with Gasteiger partial charge in [-0.3, -0.25) is 0 Å². The Kier molecular flexibility index (Phi) is 6.95. The Morgan fingerprint density at radius 1 is 1.14 bits per heavy atom. The summed E-state index contributed by atoms with van der Waals surface area (Å²) < 4.78 is 13.2. The van der Waals surface area contributed by atoms with Gasteiger partial charge in [0.25, 0.3) is 0 Å². The number of benzene rings is 2. The SMILES string of the molecule is COCCNCc1cc(Br)ccc1Oc1ccccc1I. The van der Waals surface area contributed by atoms with Crippen LogP contribution in [-0.2, 0) is 11.3 Å². The third-order valence-corrected chi connectivity index (χ3v) is 4.26. The number of halogens is 2. The third kappa shape index (κ3) is 5.25. The third-order valence-electron chi connectivity index (χ3n) is 2.88. The summed E-state index contributed by atoms with van der Waals surface area (Å²) in [6.07, 6.45) is 0. The van der Waals surface area contributed by atoms with Crippen molar-refractivity contribution >= 4 is 38.5 Å². The Labute approximate surface area is 147 Å². The van der Waals surface area contributed by atoms with Crippen molar-refractivity contribution in [3.05, 3.63) is 56.1 Å². The van der Waals surface area contributed by atoms with Gasteiger partial charge in [-0.25, -0.2) is 0 Å². The second kappa shape index (κ2) is 8.73. The van der Waals surface area contributed by atoms with E-state index in [0.717, 1.165) is 38.2 Å². The molecule has 2 aromatic carbocycles. The van der Waals surface area contributed by atoms with Crippen LogP contribution in [0.25, 0.3) is 0 Å². The van der Waals surface area contributed by atoms with E-state index in [2.05, 4.69) is 49.9 Å². The van der Waals surface area contributed by atoms with Crippen LogP contribution >= 0.6 is 38.5 Å². The van der Waals surface area contributed by atoms with E-state index in [0.29, 0.717) is 6.61 Å². The summed E-state index contributed by atoms with van der Waals surface area (Å²) in [5, 5.41) is 3.34. The molecule has 0 saturated carbocycles. The Hall–Kier alpha value is -0.630. The minimum atomic E-state index is 0.695. The lowest BCUT2D eigenvalue weighted by Gasteiger charge is -2.13. The molecule has 3 nitrogen and oxygen atoms in total. The van der Waals surface area contributed by atoms with E-state index in [9.17, 15) is 0 Å². The molecule has 112 valence electrons. The lowest BCUT2D eigenvalue weighted by molar-refractivity contribution is 0.199. The molecule has 21 heavy (non-hydrogen) atoms. The zero-order valence-corrected chi connectivity index (χ0v) is 15.5. The quantitative estimate of drug-likeness (QED) is 0.483. The summed E-state index contributed by atoms with van der Waals surface area (Å²) in [7, 11) is 1.70. The van der Waals surface area contributed by atoms with E-state index in [4.69, 9.17) is 9.47 Å². The first-order valence-corrected chi connectivity index (χ1v) is 8.48. The molecule has 0 atom stereocenters. The zero-order chi connectivity index (χ0) is 15.1. The molecule has 0 fully saturated rings. The topological polar surface area (TPSA) is 30.5 Å². The molecule has 0 saturated heterocycles. The van der Waals surface area contributed by atoms with E-state index in [1.807, 2.05) is 36.4 Å². The maximum Gasteiger partial charge on any atom is 0.140 e. The summed E-state index contributed by atoms with van der Waals surface area (Å²) in [5.41, 5.74) is 1.11. The highest BCUT2D eigenvalue weighted by Crippen LogP contribution is 2.30. The van der Waals surface area contributed by atoms with Crippen LogP contribution in [0.4, 0.5) is 0 Å². The number of ether oxygens (including phenoxy) is 2. The van der Waals surface area contributed by atoms with Crippen LogP contribution in [0.1, 0.15) is 5.56 Å². The van der Waals surface area contributed by atoms with Gasteiger partial charge >= 0.3 is 0 Å². The van der Waals surface area contributed by atoms with Gasteiger partial charge in [-0.05, 0) is 52.9 Å². The zero-order valence-electron chi connectivity index (χ0n) is 11.7. The average molecular weight is 462 g/mol. The highest BCUT2D eigenvalue weighted by molar-refractivity contribution is 14.1. The molecule has 0 aliphatic heterocycles. The van der Waals surface area contributed by atoms with Gasteiger partial charge in [-0.1, -0.05) is 28.1 Å². The first-order valence-electron chi connectivity index (χ1n) is 6.61. The molecule has 2 aromatic rings. The fraction of sp³-hybridized carbons (Fsp3) is 0.250. The average Bonchev–Trinajstić information content (AvgIpc) is 2.48. The van der Waals surface area contributed by atoms with Gasteiger partial charge in [0.05, 0.1) is 10.2 Å². The number of hydrogen-bond donors (Lipinski definition) is 1. The van der Waals surface area contributed by atoms with Gasteiger partial charge in [0.1, 0.15) is 11.5 Å². The predicted molar refractivity (Wildman–Crippen MR) is 97.0 cm³/mol. The monoisotopic (exact) mass is 461 g/mol. The molecule has 0 aliphatic rings. The fourth-order valence-corrected chi connectivity index (χ4v) is 2.73. The number of methoxy groups -OCH3 is 1. The fourth-order valence-electron chi connectivity index (χ4n) is 1.83. The van der Waals surface area contributed by atoms with Crippen LogP contribution in [-0.4, -0.2) is 20.3 Å². The Morgan fingerprint density at radius 2 is 1.95 bits per heavy atom. The normalized spacial score (nSPS) is 10.6. The van der Waals surface area contributed by atoms with E-state index in [-0.39, 0.29) is 0 Å². The molecule has 5 heteroatoms. The second-order valence-electron chi connectivity index (χ2n) is 4.45. The molecule has 0 bridgehead atoms. The molecule has 0 radical (unpaired) electrons. The van der Waals surface area contributed by atoms with E-state index in [1.165, 1.54) is 0 Å². The van der Waals surface area contributed by atoms with Crippen LogP contribution < -0.4 is 10.1 Å². The molecule has 0 spiro atoms. The predicted octanol–water partition coefficient (Wildman–Crippen LogP) is 4.58. The van der Waals surface area contributed by atoms with Crippen molar-refractivity contribution in [2.24, 2.45) is 0 Å². The Bertz CT molecular complexity index is 592. The van der Waals surface area contributed by atoms with Crippen molar-refractivity contribution in [3.63, 3.8) is 0 Å². The van der Waals surface area contributed by atoms with Crippen LogP contribution in [0.15, 0.2) is 46.9 Å². The Morgan fingerprint density at radius 3 is 2.71 bits per heavy atom. The minimum Gasteiger partial charge on any atom is -0.456 e. The summed E-state index contributed by atoms with van der Waals surface area (Å²) in [6.45, 7) is 2.24. The molecular weight excluding hydrogens is 445 g/mol. The first-order chi connectivity index (χ1) is 10.2. The number of hydrogen-bond acceptors (Lipinski definition) is 3. The highest BCUT2D eigenvalue weighted by Gasteiger charge is 2.08. The molecule has 1 N–H and O–H groups in total. The van der Waals surface area contributed by atoms with Gasteiger partial charge in [0.15, 0.2) is 0 Å². The number of rotatable bonds is 7. The summed E-state index contributed by atoms with van der Waals surface area (Å²) in [4.78, 5) is 0. The minimum absolute atomic E-state index is 0.695.